The van der Waals surface area contributed by atoms with Crippen LogP contribution in [0, 0.1) is 0 Å². The number of hydrogen-bond donors (Lipinski definition) is 2. The molecule has 6 nitrogen and oxygen atoms in total. The third-order valence-electron chi connectivity index (χ3n) is 3.99. The Bertz CT molecular complexity index is 1040. The number of hydrogen-bond acceptors (Lipinski definition) is 4. The van der Waals surface area contributed by atoms with Gasteiger partial charge in [-0.15, -0.1) is 11.3 Å². The molecule has 0 saturated heterocycles. The fourth-order valence-corrected chi connectivity index (χ4v) is 3.44. The first-order valence-corrected chi connectivity index (χ1v) is 9.94. The number of nitrogens with zero attached hydrogens (tertiary/aromatic N) is 1. The average molecular weight is 428 g/mol. The molecule has 148 valence electrons. The molecule has 2 N–H and O–H groups in total. The van der Waals surface area contributed by atoms with Crippen LogP contribution in [0.25, 0.3) is 0 Å². The summed E-state index contributed by atoms with van der Waals surface area (Å²) in [5.74, 6) is -1.03. The summed E-state index contributed by atoms with van der Waals surface area (Å²) in [5.41, 5.74) is 1.24. The molecule has 8 heteroatoms. The lowest BCUT2D eigenvalue weighted by Crippen LogP contribution is -2.35. The van der Waals surface area contributed by atoms with Gasteiger partial charge in [-0.3, -0.25) is 14.4 Å². The second kappa shape index (κ2) is 9.36. The highest BCUT2D eigenvalue weighted by Gasteiger charge is 2.19. The summed E-state index contributed by atoms with van der Waals surface area (Å²) in [6, 6.07) is 16.9. The molecule has 0 radical (unpaired) electrons. The quantitative estimate of drug-likeness (QED) is 0.613. The van der Waals surface area contributed by atoms with Gasteiger partial charge in [0.15, 0.2) is 0 Å². The molecule has 0 spiro atoms. The number of rotatable bonds is 6. The first-order valence-electron chi connectivity index (χ1n) is 8.69. The van der Waals surface area contributed by atoms with Gasteiger partial charge in [0.25, 0.3) is 11.8 Å². The maximum absolute atomic E-state index is 12.9. The Balaban J connectivity index is 1.67. The van der Waals surface area contributed by atoms with Crippen molar-refractivity contribution in [3.8, 4) is 0 Å². The van der Waals surface area contributed by atoms with Crippen molar-refractivity contribution in [1.82, 2.24) is 4.90 Å². The average Bonchev–Trinajstić information content (AvgIpc) is 3.22. The van der Waals surface area contributed by atoms with E-state index in [9.17, 15) is 14.4 Å². The number of carbonyl (C=O) groups is 3. The highest BCUT2D eigenvalue weighted by Crippen LogP contribution is 2.20. The molecule has 1 aromatic heterocycles. The van der Waals surface area contributed by atoms with Crippen molar-refractivity contribution < 1.29 is 14.4 Å². The Kier molecular flexibility index (Phi) is 6.64. The Morgan fingerprint density at radius 3 is 2.52 bits per heavy atom. The number of amides is 3. The van der Waals surface area contributed by atoms with Crippen LogP contribution >= 0.6 is 22.9 Å². The van der Waals surface area contributed by atoms with Gasteiger partial charge < -0.3 is 15.5 Å². The standard InChI is InChI=1S/C21H18ClN3O3S/c1-25(13-19(26)23-15-7-4-6-14(22)12-15)21(28)16-8-2-3-9-17(16)24-20(27)18-10-5-11-29-18/h2-12H,13H2,1H3,(H,23,26)(H,24,27). The third-order valence-corrected chi connectivity index (χ3v) is 5.09. The van der Waals surface area contributed by atoms with Crippen molar-refractivity contribution in [2.75, 3.05) is 24.2 Å². The maximum atomic E-state index is 12.9. The van der Waals surface area contributed by atoms with Crippen molar-refractivity contribution in [2.24, 2.45) is 0 Å². The molecule has 0 aliphatic carbocycles. The highest BCUT2D eigenvalue weighted by molar-refractivity contribution is 7.12. The van der Waals surface area contributed by atoms with E-state index in [0.29, 0.717) is 26.8 Å². The number of nitrogens with one attached hydrogen (secondary N) is 2. The summed E-state index contributed by atoms with van der Waals surface area (Å²) in [4.78, 5) is 39.3. The van der Waals surface area contributed by atoms with Gasteiger partial charge in [0.2, 0.25) is 5.91 Å². The van der Waals surface area contributed by atoms with Gasteiger partial charge in [0.05, 0.1) is 22.7 Å². The van der Waals surface area contributed by atoms with Crippen molar-refractivity contribution in [2.45, 2.75) is 0 Å². The van der Waals surface area contributed by atoms with Gasteiger partial charge in [-0.25, -0.2) is 0 Å². The van der Waals surface area contributed by atoms with Crippen LogP contribution in [0.1, 0.15) is 20.0 Å². The van der Waals surface area contributed by atoms with Gasteiger partial charge >= 0.3 is 0 Å². The molecular weight excluding hydrogens is 410 g/mol. The summed E-state index contributed by atoms with van der Waals surface area (Å²) in [6.45, 7) is -0.154. The lowest BCUT2D eigenvalue weighted by atomic mass is 10.1. The zero-order chi connectivity index (χ0) is 20.8. The topological polar surface area (TPSA) is 78.5 Å². The molecule has 1 heterocycles. The van der Waals surface area contributed by atoms with Crippen molar-refractivity contribution in [3.63, 3.8) is 0 Å². The fourth-order valence-electron chi connectivity index (χ4n) is 2.63. The van der Waals surface area contributed by atoms with Crippen LogP contribution in [0.3, 0.4) is 0 Å². The Morgan fingerprint density at radius 1 is 1.00 bits per heavy atom. The van der Waals surface area contributed by atoms with E-state index in [2.05, 4.69) is 10.6 Å². The van der Waals surface area contributed by atoms with E-state index < -0.39 is 0 Å². The van der Waals surface area contributed by atoms with Crippen molar-refractivity contribution in [3.05, 3.63) is 81.5 Å². The molecular formula is C21H18ClN3O3S. The van der Waals surface area contributed by atoms with Crippen LogP contribution in [0.4, 0.5) is 11.4 Å². The SMILES string of the molecule is CN(CC(=O)Nc1cccc(Cl)c1)C(=O)c1ccccc1NC(=O)c1cccs1. The molecule has 0 aliphatic rings. The summed E-state index contributed by atoms with van der Waals surface area (Å²) in [6.07, 6.45) is 0. The van der Waals surface area contributed by atoms with Crippen LogP contribution in [-0.4, -0.2) is 36.2 Å². The molecule has 2 aromatic carbocycles. The van der Waals surface area contributed by atoms with Crippen molar-refractivity contribution in [1.29, 1.82) is 0 Å². The molecule has 0 bridgehead atoms. The van der Waals surface area contributed by atoms with E-state index in [1.807, 2.05) is 0 Å². The number of likely N-dealkylation sites (N-methyl/N-ethyl adjacent to an activating group) is 1. The van der Waals surface area contributed by atoms with Gasteiger partial charge in [-0.05, 0) is 41.8 Å². The number of benzene rings is 2. The van der Waals surface area contributed by atoms with Gasteiger partial charge in [0, 0.05) is 17.8 Å². The predicted molar refractivity (Wildman–Crippen MR) is 116 cm³/mol. The minimum Gasteiger partial charge on any atom is -0.332 e. The molecule has 29 heavy (non-hydrogen) atoms. The van der Waals surface area contributed by atoms with Crippen LogP contribution in [0.5, 0.6) is 0 Å². The minimum atomic E-state index is -0.381. The Labute approximate surface area is 177 Å². The molecule has 0 aliphatic heterocycles. The Morgan fingerprint density at radius 2 is 1.79 bits per heavy atom. The lowest BCUT2D eigenvalue weighted by Gasteiger charge is -2.19. The number of carbonyl (C=O) groups excluding carboxylic acids is 3. The monoisotopic (exact) mass is 427 g/mol. The molecule has 0 fully saturated rings. The second-order valence-corrected chi connectivity index (χ2v) is 7.58. The third kappa shape index (κ3) is 5.43. The largest absolute Gasteiger partial charge is 0.332 e. The van der Waals surface area contributed by atoms with Gasteiger partial charge in [-0.2, -0.15) is 0 Å². The number of para-hydroxylation sites is 1. The Hall–Kier alpha value is -3.16. The van der Waals surface area contributed by atoms with Crippen molar-refractivity contribution >= 4 is 52.0 Å². The predicted octanol–water partition coefficient (Wildman–Crippen LogP) is 4.36. The molecule has 3 aromatic rings. The highest BCUT2D eigenvalue weighted by atomic mass is 35.5. The minimum absolute atomic E-state index is 0.154. The zero-order valence-corrected chi connectivity index (χ0v) is 17.1. The van der Waals surface area contributed by atoms with Gasteiger partial charge in [-0.1, -0.05) is 35.9 Å². The summed E-state index contributed by atoms with van der Waals surface area (Å²) in [5, 5.41) is 7.76. The number of thiophene rings is 1. The van der Waals surface area contributed by atoms with E-state index in [1.165, 1.54) is 23.3 Å². The molecule has 3 rings (SSSR count). The number of anilines is 2. The summed E-state index contributed by atoms with van der Waals surface area (Å²) in [7, 11) is 1.53. The summed E-state index contributed by atoms with van der Waals surface area (Å²) < 4.78 is 0. The first kappa shape index (κ1) is 20.6. The van der Waals surface area contributed by atoms with Gasteiger partial charge in [0.1, 0.15) is 0 Å². The van der Waals surface area contributed by atoms with Crippen LogP contribution in [-0.2, 0) is 4.79 Å². The van der Waals surface area contributed by atoms with Crippen LogP contribution in [0.15, 0.2) is 66.0 Å². The first-order chi connectivity index (χ1) is 13.9. The van der Waals surface area contributed by atoms with E-state index in [0.717, 1.165) is 0 Å². The van der Waals surface area contributed by atoms with Crippen LogP contribution in [0.2, 0.25) is 5.02 Å². The van der Waals surface area contributed by atoms with Crippen LogP contribution < -0.4 is 10.6 Å². The van der Waals surface area contributed by atoms with E-state index >= 15 is 0 Å². The fraction of sp³-hybridized carbons (Fsp3) is 0.0952. The lowest BCUT2D eigenvalue weighted by molar-refractivity contribution is -0.116. The summed E-state index contributed by atoms with van der Waals surface area (Å²) >= 11 is 7.22. The van der Waals surface area contributed by atoms with E-state index in [-0.39, 0.29) is 24.3 Å². The molecule has 0 atom stereocenters. The van der Waals surface area contributed by atoms with E-state index in [4.69, 9.17) is 11.6 Å². The zero-order valence-electron chi connectivity index (χ0n) is 15.5. The number of halogens is 1. The van der Waals surface area contributed by atoms with E-state index in [1.54, 1.807) is 66.0 Å². The second-order valence-electron chi connectivity index (χ2n) is 6.20. The normalized spacial score (nSPS) is 10.3. The maximum Gasteiger partial charge on any atom is 0.265 e. The molecule has 0 saturated carbocycles. The molecule has 0 unspecified atom stereocenters. The smallest absolute Gasteiger partial charge is 0.265 e. The molecule has 3 amide bonds.